The number of carbonyl (C=O) groups is 2. The van der Waals surface area contributed by atoms with Gasteiger partial charge in [-0.1, -0.05) is 0 Å². The van der Waals surface area contributed by atoms with Crippen LogP contribution in [0.1, 0.15) is 18.7 Å². The van der Waals surface area contributed by atoms with Crippen molar-refractivity contribution in [1.29, 1.82) is 0 Å². The third-order valence-corrected chi connectivity index (χ3v) is 4.16. The van der Waals surface area contributed by atoms with Gasteiger partial charge in [-0.05, 0) is 31.0 Å². The molecule has 6 nitrogen and oxygen atoms in total. The number of aliphatic carboxylic acids is 1. The maximum absolute atomic E-state index is 13.2. The maximum atomic E-state index is 13.2. The topological polar surface area (TPSA) is 84.2 Å². The van der Waals surface area contributed by atoms with Gasteiger partial charge in [0.2, 0.25) is 5.91 Å². The number of imidazole rings is 1. The Morgan fingerprint density at radius 1 is 1.45 bits per heavy atom. The van der Waals surface area contributed by atoms with Gasteiger partial charge in [0.25, 0.3) is 0 Å². The molecule has 1 heterocycles. The predicted octanol–water partition coefficient (Wildman–Crippen LogP) is 1.24. The largest absolute Gasteiger partial charge is 0.480 e. The fourth-order valence-corrected chi connectivity index (χ4v) is 2.56. The highest BCUT2D eigenvalue weighted by molar-refractivity contribution is 6.04. The summed E-state index contributed by atoms with van der Waals surface area (Å²) in [5, 5.41) is 11.7. The van der Waals surface area contributed by atoms with Crippen molar-refractivity contribution in [2.45, 2.75) is 19.3 Å². The highest BCUT2D eigenvalue weighted by Gasteiger charge is 2.56. The van der Waals surface area contributed by atoms with E-state index in [0.29, 0.717) is 42.7 Å². The van der Waals surface area contributed by atoms with Gasteiger partial charge >= 0.3 is 5.97 Å². The van der Waals surface area contributed by atoms with Crippen LogP contribution in [0, 0.1) is 11.2 Å². The Hall–Kier alpha value is -2.44. The Morgan fingerprint density at radius 2 is 2.18 bits per heavy atom. The van der Waals surface area contributed by atoms with Crippen LogP contribution in [0.3, 0.4) is 0 Å². The highest BCUT2D eigenvalue weighted by atomic mass is 19.1. The average molecular weight is 305 g/mol. The van der Waals surface area contributed by atoms with Crippen molar-refractivity contribution in [3.05, 3.63) is 29.8 Å². The Bertz CT molecular complexity index is 765. The van der Waals surface area contributed by atoms with Gasteiger partial charge in [-0.2, -0.15) is 0 Å². The Kier molecular flexibility index (Phi) is 3.35. The number of hydrogen-bond acceptors (Lipinski definition) is 3. The molecule has 1 saturated carbocycles. The summed E-state index contributed by atoms with van der Waals surface area (Å²) in [6, 6.07) is 4.37. The number of amides is 1. The van der Waals surface area contributed by atoms with Crippen LogP contribution in [0.4, 0.5) is 4.39 Å². The molecule has 1 amide bonds. The van der Waals surface area contributed by atoms with Gasteiger partial charge in [0.05, 0.1) is 11.0 Å². The Balaban J connectivity index is 1.66. The number of carboxylic acids is 1. The van der Waals surface area contributed by atoms with Crippen LogP contribution in [0.15, 0.2) is 18.2 Å². The molecule has 22 heavy (non-hydrogen) atoms. The summed E-state index contributed by atoms with van der Waals surface area (Å²) in [5.74, 6) is -1.12. The second kappa shape index (κ2) is 5.08. The fourth-order valence-electron chi connectivity index (χ4n) is 2.56. The number of aryl methyl sites for hydroxylation is 1. The average Bonchev–Trinajstić information content (AvgIpc) is 3.23. The summed E-state index contributed by atoms with van der Waals surface area (Å²) in [4.78, 5) is 27.3. The number of halogens is 1. The monoisotopic (exact) mass is 305 g/mol. The van der Waals surface area contributed by atoms with E-state index in [1.54, 1.807) is 17.7 Å². The molecule has 0 bridgehead atoms. The summed E-state index contributed by atoms with van der Waals surface area (Å²) in [7, 11) is 1.78. The van der Waals surface area contributed by atoms with Gasteiger partial charge in [-0.15, -0.1) is 0 Å². The van der Waals surface area contributed by atoms with Gasteiger partial charge in [-0.25, -0.2) is 9.37 Å². The van der Waals surface area contributed by atoms with Gasteiger partial charge in [-0.3, -0.25) is 9.59 Å². The Labute approximate surface area is 125 Å². The van der Waals surface area contributed by atoms with E-state index < -0.39 is 17.3 Å². The lowest BCUT2D eigenvalue weighted by Crippen LogP contribution is -2.38. The van der Waals surface area contributed by atoms with E-state index in [4.69, 9.17) is 5.11 Å². The molecule has 2 aromatic rings. The lowest BCUT2D eigenvalue weighted by atomic mass is 10.1. The zero-order valence-electron chi connectivity index (χ0n) is 12.1. The van der Waals surface area contributed by atoms with Crippen LogP contribution in [-0.2, 0) is 23.1 Å². The molecule has 0 radical (unpaired) electrons. The summed E-state index contributed by atoms with van der Waals surface area (Å²) in [5.41, 5.74) is 0.148. The quantitative estimate of drug-likeness (QED) is 0.814. The molecule has 2 N–H and O–H groups in total. The first kappa shape index (κ1) is 14.5. The lowest BCUT2D eigenvalue weighted by Gasteiger charge is -2.10. The van der Waals surface area contributed by atoms with E-state index in [1.165, 1.54) is 12.1 Å². The van der Waals surface area contributed by atoms with Gasteiger partial charge < -0.3 is 15.0 Å². The minimum Gasteiger partial charge on any atom is -0.480 e. The molecule has 116 valence electrons. The highest BCUT2D eigenvalue weighted by Crippen LogP contribution is 2.46. The van der Waals surface area contributed by atoms with Crippen molar-refractivity contribution in [2.24, 2.45) is 12.5 Å². The third-order valence-electron chi connectivity index (χ3n) is 4.16. The normalized spacial score (nSPS) is 15.7. The smallest absolute Gasteiger partial charge is 0.319 e. The maximum Gasteiger partial charge on any atom is 0.319 e. The molecule has 1 fully saturated rings. The van der Waals surface area contributed by atoms with E-state index >= 15 is 0 Å². The molecular formula is C15H16FN3O3. The number of hydrogen-bond donors (Lipinski definition) is 2. The molecule has 1 aliphatic carbocycles. The molecule has 1 aromatic heterocycles. The molecule has 1 aliphatic rings. The number of rotatable bonds is 5. The van der Waals surface area contributed by atoms with Gasteiger partial charge in [0.15, 0.2) is 0 Å². The lowest BCUT2D eigenvalue weighted by molar-refractivity contribution is -0.149. The van der Waals surface area contributed by atoms with Crippen molar-refractivity contribution in [2.75, 3.05) is 6.54 Å². The second-order valence-corrected chi connectivity index (χ2v) is 5.61. The van der Waals surface area contributed by atoms with E-state index in [1.807, 2.05) is 0 Å². The third kappa shape index (κ3) is 2.32. The van der Waals surface area contributed by atoms with Crippen molar-refractivity contribution >= 4 is 22.9 Å². The van der Waals surface area contributed by atoms with Crippen LogP contribution >= 0.6 is 0 Å². The number of fused-ring (bicyclic) bond motifs is 1. The zero-order valence-corrected chi connectivity index (χ0v) is 12.1. The van der Waals surface area contributed by atoms with Gasteiger partial charge in [0, 0.05) is 20.0 Å². The number of carbonyl (C=O) groups excluding carboxylic acids is 1. The van der Waals surface area contributed by atoms with Crippen LogP contribution < -0.4 is 5.32 Å². The minimum atomic E-state index is -1.23. The molecule has 7 heteroatoms. The predicted molar refractivity (Wildman–Crippen MR) is 76.7 cm³/mol. The SMILES string of the molecule is Cn1c(CCNC(=O)C2(C(=O)O)CC2)nc2ccc(F)cc21. The van der Waals surface area contributed by atoms with E-state index in [0.717, 1.165) is 0 Å². The number of aromatic nitrogens is 2. The first-order chi connectivity index (χ1) is 10.4. The van der Waals surface area contributed by atoms with Crippen molar-refractivity contribution in [1.82, 2.24) is 14.9 Å². The number of benzene rings is 1. The van der Waals surface area contributed by atoms with Crippen LogP contribution in [0.5, 0.6) is 0 Å². The van der Waals surface area contributed by atoms with Crippen molar-refractivity contribution in [3.63, 3.8) is 0 Å². The standard InChI is InChI=1S/C15H16FN3O3/c1-19-11-8-9(16)2-3-10(11)18-12(19)4-7-17-13(20)15(5-6-15)14(21)22/h2-3,8H,4-7H2,1H3,(H,17,20)(H,21,22). The Morgan fingerprint density at radius 3 is 2.82 bits per heavy atom. The van der Waals surface area contributed by atoms with Crippen molar-refractivity contribution < 1.29 is 19.1 Å². The van der Waals surface area contributed by atoms with E-state index in [2.05, 4.69) is 10.3 Å². The molecule has 3 rings (SSSR count). The molecule has 1 aromatic carbocycles. The molecule has 0 atom stereocenters. The second-order valence-electron chi connectivity index (χ2n) is 5.61. The summed E-state index contributed by atoms with van der Waals surface area (Å²) in [6.07, 6.45) is 1.23. The van der Waals surface area contributed by atoms with Gasteiger partial charge in [0.1, 0.15) is 17.1 Å². The molecule has 0 saturated heterocycles. The number of nitrogens with zero attached hydrogens (tertiary/aromatic N) is 2. The van der Waals surface area contributed by atoms with Crippen LogP contribution in [0.25, 0.3) is 11.0 Å². The van der Waals surface area contributed by atoms with E-state index in [-0.39, 0.29) is 5.82 Å². The molecule has 0 unspecified atom stereocenters. The first-order valence-corrected chi connectivity index (χ1v) is 7.06. The minimum absolute atomic E-state index is 0.299. The molecule has 0 spiro atoms. The molecule has 0 aliphatic heterocycles. The zero-order chi connectivity index (χ0) is 15.9. The summed E-state index contributed by atoms with van der Waals surface area (Å²) >= 11 is 0. The van der Waals surface area contributed by atoms with Crippen molar-refractivity contribution in [3.8, 4) is 0 Å². The number of nitrogens with one attached hydrogen (secondary N) is 1. The summed E-state index contributed by atoms with van der Waals surface area (Å²) in [6.45, 7) is 0.299. The number of carboxylic acid groups (broad SMARTS) is 1. The van der Waals surface area contributed by atoms with Crippen LogP contribution in [-0.4, -0.2) is 33.1 Å². The first-order valence-electron chi connectivity index (χ1n) is 7.06. The summed E-state index contributed by atoms with van der Waals surface area (Å²) < 4.78 is 15.0. The van der Waals surface area contributed by atoms with Crippen LogP contribution in [0.2, 0.25) is 0 Å². The molecular weight excluding hydrogens is 289 g/mol. The fraction of sp³-hybridized carbons (Fsp3) is 0.400. The van der Waals surface area contributed by atoms with E-state index in [9.17, 15) is 14.0 Å².